The first-order chi connectivity index (χ1) is 16.7. The molecule has 2 atom stereocenters. The molecule has 2 aliphatic rings. The molecule has 0 bridgehead atoms. The van der Waals surface area contributed by atoms with E-state index in [2.05, 4.69) is 15.4 Å². The number of aromatic nitrogens is 3. The van der Waals surface area contributed by atoms with Crippen LogP contribution in [0.3, 0.4) is 0 Å². The summed E-state index contributed by atoms with van der Waals surface area (Å²) in [5.74, 6) is 2.76. The number of nitrogens with zero attached hydrogens (tertiary/aromatic N) is 3. The van der Waals surface area contributed by atoms with Crippen molar-refractivity contribution < 1.29 is 14.2 Å². The molecule has 3 heterocycles. The molecule has 0 unspecified atom stereocenters. The molecule has 1 N–H and O–H groups in total. The van der Waals surface area contributed by atoms with Crippen LogP contribution in [0.5, 0.6) is 17.2 Å². The van der Waals surface area contributed by atoms with E-state index in [1.54, 1.807) is 20.5 Å². The summed E-state index contributed by atoms with van der Waals surface area (Å²) in [4.78, 5) is 4.47. The van der Waals surface area contributed by atoms with E-state index < -0.39 is 0 Å². The molecule has 0 saturated carbocycles. The minimum atomic E-state index is -0.370. The minimum absolute atomic E-state index is 0.289. The second-order valence-corrected chi connectivity index (χ2v) is 8.48. The van der Waals surface area contributed by atoms with Crippen LogP contribution in [0.2, 0.25) is 5.02 Å². The molecular formula is C26H21ClN4O3. The van der Waals surface area contributed by atoms with E-state index >= 15 is 0 Å². The van der Waals surface area contributed by atoms with Crippen LogP contribution in [0, 0.1) is 0 Å². The molecule has 2 aliphatic heterocycles. The Balaban J connectivity index is 1.61. The van der Waals surface area contributed by atoms with Crippen LogP contribution in [0.25, 0.3) is 5.70 Å². The lowest BCUT2D eigenvalue weighted by Gasteiger charge is -2.39. The Morgan fingerprint density at radius 1 is 0.941 bits per heavy atom. The third-order valence-corrected chi connectivity index (χ3v) is 6.47. The molecule has 1 aromatic heterocycles. The minimum Gasteiger partial charge on any atom is -0.493 e. The fourth-order valence-electron chi connectivity index (χ4n) is 4.67. The normalized spacial score (nSPS) is 18.2. The zero-order valence-electron chi connectivity index (χ0n) is 18.5. The number of nitrogens with one attached hydrogen (secondary N) is 1. The van der Waals surface area contributed by atoms with E-state index in [0.717, 1.165) is 33.7 Å². The number of halogens is 1. The van der Waals surface area contributed by atoms with Crippen LogP contribution in [0.4, 0.5) is 5.95 Å². The van der Waals surface area contributed by atoms with Crippen LogP contribution in [-0.4, -0.2) is 29.0 Å². The summed E-state index contributed by atoms with van der Waals surface area (Å²) in [7, 11) is 3.26. The molecule has 7 nitrogen and oxygen atoms in total. The quantitative estimate of drug-likeness (QED) is 0.422. The third kappa shape index (κ3) is 3.20. The number of para-hydroxylation sites is 1. The van der Waals surface area contributed by atoms with Gasteiger partial charge >= 0.3 is 0 Å². The molecule has 170 valence electrons. The van der Waals surface area contributed by atoms with E-state index in [9.17, 15) is 0 Å². The molecule has 6 rings (SSSR count). The van der Waals surface area contributed by atoms with Gasteiger partial charge in [-0.15, -0.1) is 0 Å². The van der Waals surface area contributed by atoms with Gasteiger partial charge in [-0.05, 0) is 47.5 Å². The molecule has 0 fully saturated rings. The first-order valence-electron chi connectivity index (χ1n) is 10.8. The van der Waals surface area contributed by atoms with Crippen molar-refractivity contribution in [1.29, 1.82) is 0 Å². The lowest BCUT2D eigenvalue weighted by molar-refractivity contribution is 0.223. The average Bonchev–Trinajstić information content (AvgIpc) is 3.35. The zero-order valence-corrected chi connectivity index (χ0v) is 19.3. The molecule has 0 amide bonds. The van der Waals surface area contributed by atoms with Crippen LogP contribution in [0.15, 0.2) is 78.6 Å². The SMILES string of the molecule is COc1ccc([C@H]2C3=C(Nc4ncnn42)c2ccccc2O[C@@H]3c2ccc(Cl)cc2)cc1OC. The second kappa shape index (κ2) is 8.11. The van der Waals surface area contributed by atoms with Crippen molar-refractivity contribution in [2.24, 2.45) is 0 Å². The fourth-order valence-corrected chi connectivity index (χ4v) is 4.80. The van der Waals surface area contributed by atoms with E-state index in [-0.39, 0.29) is 12.1 Å². The van der Waals surface area contributed by atoms with E-state index in [0.29, 0.717) is 22.5 Å². The third-order valence-electron chi connectivity index (χ3n) is 6.22. The van der Waals surface area contributed by atoms with Gasteiger partial charge in [-0.2, -0.15) is 10.1 Å². The zero-order chi connectivity index (χ0) is 23.2. The van der Waals surface area contributed by atoms with Crippen molar-refractivity contribution >= 4 is 23.2 Å². The number of hydrogen-bond acceptors (Lipinski definition) is 6. The summed E-state index contributed by atoms with van der Waals surface area (Å²) >= 11 is 6.19. The van der Waals surface area contributed by atoms with Gasteiger partial charge in [0, 0.05) is 16.2 Å². The summed E-state index contributed by atoms with van der Waals surface area (Å²) in [5, 5.41) is 8.74. The molecule has 8 heteroatoms. The Bertz CT molecular complexity index is 1410. The van der Waals surface area contributed by atoms with E-state index in [1.165, 1.54) is 0 Å². The summed E-state index contributed by atoms with van der Waals surface area (Å²) in [5.41, 5.74) is 4.92. The highest BCUT2D eigenvalue weighted by molar-refractivity contribution is 6.30. The Labute approximate surface area is 201 Å². The summed E-state index contributed by atoms with van der Waals surface area (Å²) in [6, 6.07) is 21.4. The van der Waals surface area contributed by atoms with Gasteiger partial charge in [-0.1, -0.05) is 41.9 Å². The Kier molecular flexibility index (Phi) is 4.92. The fraction of sp³-hybridized carbons (Fsp3) is 0.154. The predicted octanol–water partition coefficient (Wildman–Crippen LogP) is 5.51. The maximum atomic E-state index is 6.61. The number of fused-ring (bicyclic) bond motifs is 3. The molecule has 0 radical (unpaired) electrons. The smallest absolute Gasteiger partial charge is 0.226 e. The van der Waals surface area contributed by atoms with E-state index in [1.807, 2.05) is 71.4 Å². The van der Waals surface area contributed by atoms with Crippen LogP contribution >= 0.6 is 11.6 Å². The Morgan fingerprint density at radius 2 is 1.71 bits per heavy atom. The number of methoxy groups -OCH3 is 2. The van der Waals surface area contributed by atoms with Crippen molar-refractivity contribution in [3.05, 3.63) is 100 Å². The van der Waals surface area contributed by atoms with Gasteiger partial charge in [0.2, 0.25) is 5.95 Å². The van der Waals surface area contributed by atoms with Gasteiger partial charge in [0.05, 0.1) is 19.9 Å². The van der Waals surface area contributed by atoms with Gasteiger partial charge in [0.1, 0.15) is 24.2 Å². The highest BCUT2D eigenvalue weighted by Gasteiger charge is 2.41. The van der Waals surface area contributed by atoms with Gasteiger partial charge in [-0.25, -0.2) is 4.68 Å². The number of ether oxygens (including phenoxy) is 3. The van der Waals surface area contributed by atoms with Crippen molar-refractivity contribution in [1.82, 2.24) is 14.8 Å². The predicted molar refractivity (Wildman–Crippen MR) is 130 cm³/mol. The lowest BCUT2D eigenvalue weighted by Crippen LogP contribution is -2.32. The Hall–Kier alpha value is -3.97. The maximum Gasteiger partial charge on any atom is 0.226 e. The highest BCUT2D eigenvalue weighted by Crippen LogP contribution is 2.51. The Morgan fingerprint density at radius 3 is 2.50 bits per heavy atom. The first kappa shape index (κ1) is 20.6. The molecule has 34 heavy (non-hydrogen) atoms. The van der Waals surface area contributed by atoms with Crippen molar-refractivity contribution in [3.63, 3.8) is 0 Å². The largest absolute Gasteiger partial charge is 0.493 e. The molecule has 3 aromatic carbocycles. The number of rotatable bonds is 4. The van der Waals surface area contributed by atoms with Crippen LogP contribution in [0.1, 0.15) is 28.8 Å². The molecule has 0 aliphatic carbocycles. The topological polar surface area (TPSA) is 70.4 Å². The molecule has 0 spiro atoms. The van der Waals surface area contributed by atoms with E-state index in [4.69, 9.17) is 25.8 Å². The highest BCUT2D eigenvalue weighted by atomic mass is 35.5. The maximum absolute atomic E-state index is 6.61. The second-order valence-electron chi connectivity index (χ2n) is 8.05. The molecular weight excluding hydrogens is 452 g/mol. The standard InChI is InChI=1S/C26H21ClN4O3/c1-32-20-12-9-16(13-21(20)33-2)24-22-23(30-26-28-14-29-31(24)26)18-5-3-4-6-19(18)34-25(22)15-7-10-17(27)11-8-15/h3-14,24-25H,1-2H3,(H,28,29,30)/t24-,25+/m0/s1. The van der Waals surface area contributed by atoms with Gasteiger partial charge < -0.3 is 19.5 Å². The monoisotopic (exact) mass is 472 g/mol. The summed E-state index contributed by atoms with van der Waals surface area (Å²) in [6.07, 6.45) is 1.18. The summed E-state index contributed by atoms with van der Waals surface area (Å²) < 4.78 is 19.6. The van der Waals surface area contributed by atoms with Gasteiger partial charge in [0.15, 0.2) is 11.5 Å². The number of benzene rings is 3. The first-order valence-corrected chi connectivity index (χ1v) is 11.2. The average molecular weight is 473 g/mol. The van der Waals surface area contributed by atoms with Crippen LogP contribution < -0.4 is 19.5 Å². The lowest BCUT2D eigenvalue weighted by atomic mass is 9.84. The number of anilines is 1. The van der Waals surface area contributed by atoms with Gasteiger partial charge in [0.25, 0.3) is 0 Å². The van der Waals surface area contributed by atoms with Gasteiger partial charge in [-0.3, -0.25) is 0 Å². The molecule has 0 saturated heterocycles. The van der Waals surface area contributed by atoms with Crippen molar-refractivity contribution in [2.45, 2.75) is 12.1 Å². The van der Waals surface area contributed by atoms with Crippen LogP contribution in [-0.2, 0) is 0 Å². The molecule has 4 aromatic rings. The van der Waals surface area contributed by atoms with Crippen molar-refractivity contribution in [2.75, 3.05) is 19.5 Å². The summed E-state index contributed by atoms with van der Waals surface area (Å²) in [6.45, 7) is 0. The number of hydrogen-bond donors (Lipinski definition) is 1. The van der Waals surface area contributed by atoms with Crippen molar-refractivity contribution in [3.8, 4) is 17.2 Å².